The first-order valence-electron chi connectivity index (χ1n) is 6.71. The van der Waals surface area contributed by atoms with Crippen LogP contribution in [0.4, 0.5) is 0 Å². The molecule has 2 nitrogen and oxygen atoms in total. The van der Waals surface area contributed by atoms with Crippen LogP contribution in [0.1, 0.15) is 42.7 Å². The second-order valence-electron chi connectivity index (χ2n) is 5.18. The Morgan fingerprint density at radius 3 is 2.56 bits per heavy atom. The second kappa shape index (κ2) is 4.62. The van der Waals surface area contributed by atoms with E-state index >= 15 is 0 Å². The Kier molecular flexibility index (Phi) is 2.96. The molecule has 0 bridgehead atoms. The van der Waals surface area contributed by atoms with Gasteiger partial charge in [0, 0.05) is 5.56 Å². The van der Waals surface area contributed by atoms with Crippen molar-refractivity contribution >= 4 is 0 Å². The van der Waals surface area contributed by atoms with Gasteiger partial charge in [-0.1, -0.05) is 12.1 Å². The lowest BCUT2D eigenvalue weighted by molar-refractivity contribution is 0.491. The van der Waals surface area contributed by atoms with Gasteiger partial charge >= 0.3 is 0 Å². The van der Waals surface area contributed by atoms with Crippen molar-refractivity contribution in [1.82, 2.24) is 0 Å². The topological polar surface area (TPSA) is 39.2 Å². The first kappa shape index (κ1) is 11.5. The Morgan fingerprint density at radius 1 is 1.06 bits per heavy atom. The molecule has 2 aromatic rings. The molecule has 0 spiro atoms. The van der Waals surface area contributed by atoms with E-state index in [-0.39, 0.29) is 6.04 Å². The van der Waals surface area contributed by atoms with Crippen LogP contribution in [0.15, 0.2) is 34.7 Å². The molecule has 1 heterocycles. The fraction of sp³-hybridized carbons (Fsp3) is 0.375. The van der Waals surface area contributed by atoms with E-state index in [1.165, 1.54) is 42.4 Å². The molecular formula is C16H19NO. The molecule has 2 heteroatoms. The fourth-order valence-corrected chi connectivity index (χ4v) is 2.64. The lowest BCUT2D eigenvalue weighted by Gasteiger charge is -2.16. The minimum atomic E-state index is -0.0450. The Bertz CT molecular complexity index is 554. The number of furan rings is 1. The van der Waals surface area contributed by atoms with Crippen molar-refractivity contribution in [1.29, 1.82) is 0 Å². The average molecular weight is 241 g/mol. The maximum atomic E-state index is 5.82. The number of aryl methyl sites for hydroxylation is 2. The molecule has 18 heavy (non-hydrogen) atoms. The van der Waals surface area contributed by atoms with Gasteiger partial charge in [-0.3, -0.25) is 0 Å². The lowest BCUT2D eigenvalue weighted by atomic mass is 9.90. The van der Waals surface area contributed by atoms with Crippen molar-refractivity contribution in [3.05, 3.63) is 47.2 Å². The normalized spacial score (nSPS) is 16.3. The number of hydrogen-bond donors (Lipinski definition) is 1. The van der Waals surface area contributed by atoms with Gasteiger partial charge in [0.1, 0.15) is 11.5 Å². The predicted octanol–water partition coefficient (Wildman–Crippen LogP) is 3.85. The minimum absolute atomic E-state index is 0.0450. The van der Waals surface area contributed by atoms with E-state index in [2.05, 4.69) is 18.2 Å². The number of hydrogen-bond acceptors (Lipinski definition) is 2. The molecule has 1 aliphatic carbocycles. The van der Waals surface area contributed by atoms with Crippen molar-refractivity contribution in [2.75, 3.05) is 0 Å². The second-order valence-corrected chi connectivity index (χ2v) is 5.18. The Morgan fingerprint density at radius 2 is 1.83 bits per heavy atom. The van der Waals surface area contributed by atoms with Crippen molar-refractivity contribution in [3.63, 3.8) is 0 Å². The molecule has 2 N–H and O–H groups in total. The van der Waals surface area contributed by atoms with Crippen molar-refractivity contribution in [2.24, 2.45) is 5.73 Å². The van der Waals surface area contributed by atoms with E-state index in [4.69, 9.17) is 10.2 Å². The standard InChI is InChI=1S/C16H19NO/c1-11(17)15-8-9-16(18-15)14-7-6-12-4-2-3-5-13(12)10-14/h6-11H,2-5,17H2,1H3. The summed E-state index contributed by atoms with van der Waals surface area (Å²) in [6, 6.07) is 10.6. The quantitative estimate of drug-likeness (QED) is 0.867. The SMILES string of the molecule is CC(N)c1ccc(-c2ccc3c(c2)CCCC3)o1. The molecule has 0 saturated carbocycles. The summed E-state index contributed by atoms with van der Waals surface area (Å²) in [5.74, 6) is 1.78. The largest absolute Gasteiger partial charge is 0.459 e. The van der Waals surface area contributed by atoms with Crippen molar-refractivity contribution in [3.8, 4) is 11.3 Å². The van der Waals surface area contributed by atoms with Crippen LogP contribution in [-0.2, 0) is 12.8 Å². The number of nitrogens with two attached hydrogens (primary N) is 1. The van der Waals surface area contributed by atoms with Crippen molar-refractivity contribution in [2.45, 2.75) is 38.6 Å². The van der Waals surface area contributed by atoms with Crippen LogP contribution in [-0.4, -0.2) is 0 Å². The summed E-state index contributed by atoms with van der Waals surface area (Å²) in [5, 5.41) is 0. The summed E-state index contributed by atoms with van der Waals surface area (Å²) in [5.41, 5.74) is 9.98. The maximum Gasteiger partial charge on any atom is 0.134 e. The van der Waals surface area contributed by atoms with Gasteiger partial charge in [-0.2, -0.15) is 0 Å². The average Bonchev–Trinajstić information content (AvgIpc) is 2.88. The third-order valence-electron chi connectivity index (χ3n) is 3.71. The highest BCUT2D eigenvalue weighted by molar-refractivity contribution is 5.60. The van der Waals surface area contributed by atoms with Crippen LogP contribution in [0, 0.1) is 0 Å². The van der Waals surface area contributed by atoms with Gasteiger partial charge in [0.25, 0.3) is 0 Å². The number of benzene rings is 1. The maximum absolute atomic E-state index is 5.82. The minimum Gasteiger partial charge on any atom is -0.459 e. The molecule has 94 valence electrons. The van der Waals surface area contributed by atoms with Gasteiger partial charge in [-0.15, -0.1) is 0 Å². The van der Waals surface area contributed by atoms with Crippen LogP contribution >= 0.6 is 0 Å². The summed E-state index contributed by atoms with van der Waals surface area (Å²) >= 11 is 0. The third kappa shape index (κ3) is 2.08. The Balaban J connectivity index is 1.95. The lowest BCUT2D eigenvalue weighted by Crippen LogP contribution is -2.03. The molecular weight excluding hydrogens is 222 g/mol. The molecule has 0 aliphatic heterocycles. The molecule has 1 aromatic carbocycles. The fourth-order valence-electron chi connectivity index (χ4n) is 2.64. The first-order chi connectivity index (χ1) is 8.74. The smallest absolute Gasteiger partial charge is 0.134 e. The molecule has 0 saturated heterocycles. The van der Waals surface area contributed by atoms with Crippen LogP contribution in [0.2, 0.25) is 0 Å². The molecule has 1 aromatic heterocycles. The first-order valence-corrected chi connectivity index (χ1v) is 6.71. The molecule has 0 fully saturated rings. The summed E-state index contributed by atoms with van der Waals surface area (Å²) in [4.78, 5) is 0. The van der Waals surface area contributed by atoms with E-state index in [0.717, 1.165) is 11.5 Å². The highest BCUT2D eigenvalue weighted by Gasteiger charge is 2.12. The summed E-state index contributed by atoms with van der Waals surface area (Å²) in [7, 11) is 0. The predicted molar refractivity (Wildman–Crippen MR) is 73.4 cm³/mol. The highest BCUT2D eigenvalue weighted by Crippen LogP contribution is 2.29. The van der Waals surface area contributed by atoms with Gasteiger partial charge in [0.2, 0.25) is 0 Å². The van der Waals surface area contributed by atoms with E-state index < -0.39 is 0 Å². The van der Waals surface area contributed by atoms with Gasteiger partial charge in [-0.25, -0.2) is 0 Å². The van der Waals surface area contributed by atoms with Gasteiger partial charge in [0.15, 0.2) is 0 Å². The van der Waals surface area contributed by atoms with Crippen LogP contribution < -0.4 is 5.73 Å². The summed E-state index contributed by atoms with van der Waals surface area (Å²) in [6.07, 6.45) is 5.05. The van der Waals surface area contributed by atoms with E-state index in [0.29, 0.717) is 0 Å². The van der Waals surface area contributed by atoms with E-state index in [9.17, 15) is 0 Å². The summed E-state index contributed by atoms with van der Waals surface area (Å²) < 4.78 is 5.80. The van der Waals surface area contributed by atoms with Gasteiger partial charge in [-0.05, 0) is 61.9 Å². The van der Waals surface area contributed by atoms with Gasteiger partial charge < -0.3 is 10.2 Å². The van der Waals surface area contributed by atoms with Crippen LogP contribution in [0.25, 0.3) is 11.3 Å². The molecule has 3 rings (SSSR count). The number of rotatable bonds is 2. The number of fused-ring (bicyclic) bond motifs is 1. The monoisotopic (exact) mass is 241 g/mol. The molecule has 1 aliphatic rings. The van der Waals surface area contributed by atoms with E-state index in [1.807, 2.05) is 19.1 Å². The summed E-state index contributed by atoms with van der Waals surface area (Å²) in [6.45, 7) is 1.94. The van der Waals surface area contributed by atoms with Crippen LogP contribution in [0.3, 0.4) is 0 Å². The Labute approximate surface area is 108 Å². The van der Waals surface area contributed by atoms with E-state index in [1.54, 1.807) is 0 Å². The highest BCUT2D eigenvalue weighted by atomic mass is 16.3. The molecule has 1 atom stereocenters. The zero-order valence-corrected chi connectivity index (χ0v) is 10.8. The molecule has 0 amide bonds. The molecule has 0 radical (unpaired) electrons. The van der Waals surface area contributed by atoms with Crippen LogP contribution in [0.5, 0.6) is 0 Å². The molecule has 1 unspecified atom stereocenters. The van der Waals surface area contributed by atoms with Crippen molar-refractivity contribution < 1.29 is 4.42 Å². The zero-order chi connectivity index (χ0) is 12.5. The Hall–Kier alpha value is -1.54. The van der Waals surface area contributed by atoms with Gasteiger partial charge in [0.05, 0.1) is 6.04 Å². The zero-order valence-electron chi connectivity index (χ0n) is 10.8. The third-order valence-corrected chi connectivity index (χ3v) is 3.71.